The van der Waals surface area contributed by atoms with E-state index in [1.54, 1.807) is 28.8 Å². The van der Waals surface area contributed by atoms with Crippen molar-refractivity contribution < 1.29 is 9.59 Å². The number of carbonyl (C=O) groups is 2. The van der Waals surface area contributed by atoms with Crippen LogP contribution in [0.4, 0.5) is 0 Å². The summed E-state index contributed by atoms with van der Waals surface area (Å²) in [5, 5.41) is -0.463. The summed E-state index contributed by atoms with van der Waals surface area (Å²) >= 11 is 7.48. The summed E-state index contributed by atoms with van der Waals surface area (Å²) in [7, 11) is 0. The molecule has 17 heavy (non-hydrogen) atoms. The van der Waals surface area contributed by atoms with Crippen LogP contribution in [0.3, 0.4) is 0 Å². The summed E-state index contributed by atoms with van der Waals surface area (Å²) in [6, 6.07) is 8.75. The smallest absolute Gasteiger partial charge is 0.245 e. The van der Waals surface area contributed by atoms with Gasteiger partial charge in [0.25, 0.3) is 0 Å². The summed E-state index contributed by atoms with van der Waals surface area (Å²) in [6.45, 7) is 0. The van der Waals surface area contributed by atoms with Crippen LogP contribution in [-0.4, -0.2) is 39.1 Å². The van der Waals surface area contributed by atoms with Gasteiger partial charge in [0.15, 0.2) is 5.78 Å². The second-order valence-corrected chi connectivity index (χ2v) is 5.74. The molecule has 0 bridgehead atoms. The number of hydrogen-bond acceptors (Lipinski definition) is 3. The van der Waals surface area contributed by atoms with Gasteiger partial charge in [-0.15, -0.1) is 23.4 Å². The van der Waals surface area contributed by atoms with Crippen molar-refractivity contribution in [3.05, 3.63) is 35.9 Å². The molecular weight excluding hydrogens is 258 g/mol. The number of hydrogen-bond donors (Lipinski definition) is 0. The van der Waals surface area contributed by atoms with Crippen molar-refractivity contribution in [3.63, 3.8) is 0 Å². The van der Waals surface area contributed by atoms with Crippen LogP contribution < -0.4 is 0 Å². The average molecular weight is 268 g/mol. The largest absolute Gasteiger partial charge is 0.316 e. The Balaban J connectivity index is 1.83. The van der Waals surface area contributed by atoms with Crippen molar-refractivity contribution >= 4 is 35.1 Å². The molecule has 1 amide bonds. The second-order valence-electron chi connectivity index (χ2n) is 4.12. The van der Waals surface area contributed by atoms with E-state index in [9.17, 15) is 9.59 Å². The number of amides is 1. The highest BCUT2D eigenvalue weighted by atomic mass is 35.5. The molecule has 3 atom stereocenters. The number of halogens is 1. The molecular formula is C12H10ClNO2S. The third-order valence-corrected chi connectivity index (χ3v) is 5.06. The minimum absolute atomic E-state index is 0.0116. The first kappa shape index (κ1) is 11.1. The highest BCUT2D eigenvalue weighted by Crippen LogP contribution is 2.42. The van der Waals surface area contributed by atoms with Crippen molar-refractivity contribution in [2.45, 2.75) is 16.8 Å². The number of β-lactam (4-membered cyclic amide) rings is 1. The second kappa shape index (κ2) is 4.03. The zero-order valence-electron chi connectivity index (χ0n) is 8.88. The maximum Gasteiger partial charge on any atom is 0.245 e. The SMILES string of the molecule is O=C(c1ccccc1)C1CSC2C(Cl)C(=O)N12. The Bertz CT molecular complexity index is 479. The zero-order valence-corrected chi connectivity index (χ0v) is 10.4. The molecule has 2 heterocycles. The molecule has 0 aromatic heterocycles. The summed E-state index contributed by atoms with van der Waals surface area (Å²) in [4.78, 5) is 25.5. The lowest BCUT2D eigenvalue weighted by atomic mass is 10.0. The predicted molar refractivity (Wildman–Crippen MR) is 67.3 cm³/mol. The standard InChI is InChI=1S/C12H10ClNO2S/c13-9-11(16)14-8(6-17-12(9)14)10(15)7-4-2-1-3-5-7/h1-5,8-9,12H,6H2. The topological polar surface area (TPSA) is 37.4 Å². The van der Waals surface area contributed by atoms with Gasteiger partial charge in [0.1, 0.15) is 16.8 Å². The van der Waals surface area contributed by atoms with Crippen molar-refractivity contribution in [2.24, 2.45) is 0 Å². The molecule has 2 aliphatic rings. The van der Waals surface area contributed by atoms with Crippen LogP contribution in [-0.2, 0) is 4.79 Å². The van der Waals surface area contributed by atoms with Gasteiger partial charge in [0.2, 0.25) is 5.91 Å². The number of alkyl halides is 1. The summed E-state index contributed by atoms with van der Waals surface area (Å²) in [5.41, 5.74) is 0.657. The zero-order chi connectivity index (χ0) is 12.0. The first-order valence-corrected chi connectivity index (χ1v) is 6.86. The predicted octanol–water partition coefficient (Wildman–Crippen LogP) is 1.76. The molecule has 3 unspecified atom stereocenters. The third kappa shape index (κ3) is 1.58. The van der Waals surface area contributed by atoms with Gasteiger partial charge < -0.3 is 4.90 Å². The van der Waals surface area contributed by atoms with Crippen LogP contribution >= 0.6 is 23.4 Å². The molecule has 0 N–H and O–H groups in total. The first-order valence-electron chi connectivity index (χ1n) is 5.37. The van der Waals surface area contributed by atoms with E-state index in [1.165, 1.54) is 0 Å². The van der Waals surface area contributed by atoms with Crippen LogP contribution in [0.1, 0.15) is 10.4 Å². The van der Waals surface area contributed by atoms with E-state index in [1.807, 2.05) is 18.2 Å². The summed E-state index contributed by atoms with van der Waals surface area (Å²) in [6.07, 6.45) is 0. The van der Waals surface area contributed by atoms with Crippen molar-refractivity contribution in [1.29, 1.82) is 0 Å². The van der Waals surface area contributed by atoms with Crippen LogP contribution in [0.15, 0.2) is 30.3 Å². The van der Waals surface area contributed by atoms with Gasteiger partial charge in [-0.2, -0.15) is 0 Å². The van der Waals surface area contributed by atoms with Crippen molar-refractivity contribution in [1.82, 2.24) is 4.90 Å². The minimum Gasteiger partial charge on any atom is -0.316 e. The Hall–Kier alpha value is -1.00. The molecule has 0 radical (unpaired) electrons. The maximum atomic E-state index is 12.2. The monoisotopic (exact) mass is 267 g/mol. The Morgan fingerprint density at radius 2 is 2.06 bits per heavy atom. The molecule has 2 aliphatic heterocycles. The van der Waals surface area contributed by atoms with Gasteiger partial charge >= 0.3 is 0 Å². The molecule has 3 rings (SSSR count). The normalized spacial score (nSPS) is 31.0. The number of nitrogens with zero attached hydrogens (tertiary/aromatic N) is 1. The number of fused-ring (bicyclic) bond motifs is 1. The van der Waals surface area contributed by atoms with Gasteiger partial charge in [0.05, 0.1) is 0 Å². The highest BCUT2D eigenvalue weighted by molar-refractivity contribution is 8.00. The first-order chi connectivity index (χ1) is 8.20. The summed E-state index contributed by atoms with van der Waals surface area (Å²) in [5.74, 6) is 0.543. The Morgan fingerprint density at radius 3 is 2.76 bits per heavy atom. The molecule has 3 nitrogen and oxygen atoms in total. The molecule has 0 saturated carbocycles. The third-order valence-electron chi connectivity index (χ3n) is 3.14. The Kier molecular flexibility index (Phi) is 2.64. The van der Waals surface area contributed by atoms with Crippen LogP contribution in [0, 0.1) is 0 Å². The van der Waals surface area contributed by atoms with Gasteiger partial charge in [-0.1, -0.05) is 30.3 Å². The van der Waals surface area contributed by atoms with Crippen LogP contribution in [0.2, 0.25) is 0 Å². The molecule has 1 aromatic carbocycles. The van der Waals surface area contributed by atoms with Gasteiger partial charge in [-0.05, 0) is 0 Å². The van der Waals surface area contributed by atoms with Crippen LogP contribution in [0.5, 0.6) is 0 Å². The minimum atomic E-state index is -0.450. The maximum absolute atomic E-state index is 12.2. The van der Waals surface area contributed by atoms with E-state index in [4.69, 9.17) is 11.6 Å². The lowest BCUT2D eigenvalue weighted by Crippen LogP contribution is -2.62. The van der Waals surface area contributed by atoms with Gasteiger partial charge in [-0.25, -0.2) is 0 Å². The number of thioether (sulfide) groups is 1. The van der Waals surface area contributed by atoms with Gasteiger partial charge in [0, 0.05) is 11.3 Å². The Labute approximate surface area is 108 Å². The van der Waals surface area contributed by atoms with Gasteiger partial charge in [-0.3, -0.25) is 9.59 Å². The number of carbonyl (C=O) groups excluding carboxylic acids is 2. The fraction of sp³-hybridized carbons (Fsp3) is 0.333. The van der Waals surface area contributed by atoms with E-state index in [0.29, 0.717) is 11.3 Å². The lowest BCUT2D eigenvalue weighted by molar-refractivity contribution is -0.141. The molecule has 0 aliphatic carbocycles. The van der Waals surface area contributed by atoms with Crippen molar-refractivity contribution in [2.75, 3.05) is 5.75 Å². The van der Waals surface area contributed by atoms with E-state index >= 15 is 0 Å². The number of rotatable bonds is 2. The fourth-order valence-electron chi connectivity index (χ4n) is 2.21. The molecule has 0 spiro atoms. The van der Waals surface area contributed by atoms with Crippen LogP contribution in [0.25, 0.3) is 0 Å². The number of benzene rings is 1. The molecule has 2 saturated heterocycles. The lowest BCUT2D eigenvalue weighted by Gasteiger charge is -2.40. The fourth-order valence-corrected chi connectivity index (χ4v) is 4.05. The number of ketones is 1. The Morgan fingerprint density at radius 1 is 1.35 bits per heavy atom. The molecule has 1 aromatic rings. The van der Waals surface area contributed by atoms with E-state index in [2.05, 4.69) is 0 Å². The quantitative estimate of drug-likeness (QED) is 0.466. The molecule has 5 heteroatoms. The molecule has 2 fully saturated rings. The summed E-state index contributed by atoms with van der Waals surface area (Å²) < 4.78 is 0. The van der Waals surface area contributed by atoms with E-state index in [-0.39, 0.29) is 23.1 Å². The van der Waals surface area contributed by atoms with E-state index in [0.717, 1.165) is 0 Å². The highest BCUT2D eigenvalue weighted by Gasteiger charge is 2.55. The average Bonchev–Trinajstić information content (AvgIpc) is 2.79. The van der Waals surface area contributed by atoms with Crippen molar-refractivity contribution in [3.8, 4) is 0 Å². The molecule has 88 valence electrons. The number of Topliss-reactive ketones (excluding diaryl/α,β-unsaturated/α-hetero) is 1. The van der Waals surface area contributed by atoms with E-state index < -0.39 is 5.38 Å².